The summed E-state index contributed by atoms with van der Waals surface area (Å²) in [6.45, 7) is 6.03. The maximum Gasteiger partial charge on any atom is 0.228 e. The summed E-state index contributed by atoms with van der Waals surface area (Å²) >= 11 is 0. The highest BCUT2D eigenvalue weighted by atomic mass is 19.1. The third-order valence-corrected chi connectivity index (χ3v) is 6.51. The quantitative estimate of drug-likeness (QED) is 0.245. The summed E-state index contributed by atoms with van der Waals surface area (Å²) < 4.78 is 27.7. The van der Waals surface area contributed by atoms with E-state index < -0.39 is 29.7 Å². The molecular formula is C31H39F2N5O3. The molecule has 8 nitrogen and oxygen atoms in total. The van der Waals surface area contributed by atoms with Crippen LogP contribution in [0.3, 0.4) is 0 Å². The minimum absolute atomic E-state index is 0.0167. The molecule has 1 aromatic heterocycles. The minimum atomic E-state index is -1.05. The average Bonchev–Trinajstić information content (AvgIpc) is 2.92. The Morgan fingerprint density at radius 1 is 0.902 bits per heavy atom. The van der Waals surface area contributed by atoms with Crippen molar-refractivity contribution in [3.8, 4) is 0 Å². The number of carbonyl (C=O) groups excluding carboxylic acids is 2. The van der Waals surface area contributed by atoms with E-state index in [1.165, 1.54) is 18.5 Å². The van der Waals surface area contributed by atoms with Crippen molar-refractivity contribution in [3.05, 3.63) is 95.1 Å². The van der Waals surface area contributed by atoms with Crippen molar-refractivity contribution in [2.24, 2.45) is 0 Å². The van der Waals surface area contributed by atoms with Gasteiger partial charge in [-0.25, -0.2) is 18.7 Å². The molecule has 41 heavy (non-hydrogen) atoms. The first-order valence-electron chi connectivity index (χ1n) is 14.0. The van der Waals surface area contributed by atoms with Gasteiger partial charge in [0.15, 0.2) is 0 Å². The molecule has 0 fully saturated rings. The first-order chi connectivity index (χ1) is 19.8. The number of aliphatic hydroxyl groups excluding tert-OH is 1. The van der Waals surface area contributed by atoms with Gasteiger partial charge in [-0.2, -0.15) is 0 Å². The van der Waals surface area contributed by atoms with Gasteiger partial charge in [0.2, 0.25) is 11.8 Å². The summed E-state index contributed by atoms with van der Waals surface area (Å²) in [6, 6.07) is 13.6. The molecule has 0 saturated heterocycles. The van der Waals surface area contributed by atoms with E-state index in [2.05, 4.69) is 20.6 Å². The van der Waals surface area contributed by atoms with E-state index in [0.717, 1.165) is 24.5 Å². The SMILES string of the molecule is CCCN(CCC)C(=O)Cc1cc(CC(=O)N[C@@H](Cc2cc(F)cc(F)c2)[C@H](O)CNCc2ccccc2)ncn1. The molecule has 220 valence electrons. The third-order valence-electron chi connectivity index (χ3n) is 6.51. The summed E-state index contributed by atoms with van der Waals surface area (Å²) in [5.41, 5.74) is 2.27. The molecule has 1 heterocycles. The largest absolute Gasteiger partial charge is 0.390 e. The van der Waals surface area contributed by atoms with Crippen LogP contribution in [0.15, 0.2) is 60.9 Å². The molecule has 0 radical (unpaired) electrons. The Balaban J connectivity index is 1.66. The predicted molar refractivity (Wildman–Crippen MR) is 153 cm³/mol. The van der Waals surface area contributed by atoms with Gasteiger partial charge in [0.25, 0.3) is 0 Å². The number of nitrogens with zero attached hydrogens (tertiary/aromatic N) is 3. The lowest BCUT2D eigenvalue weighted by Gasteiger charge is -2.25. The second-order valence-electron chi connectivity index (χ2n) is 10.1. The van der Waals surface area contributed by atoms with Crippen LogP contribution in [0.25, 0.3) is 0 Å². The third kappa shape index (κ3) is 11.0. The van der Waals surface area contributed by atoms with Crippen LogP contribution in [0.4, 0.5) is 8.78 Å². The Morgan fingerprint density at radius 3 is 2.17 bits per heavy atom. The zero-order valence-corrected chi connectivity index (χ0v) is 23.7. The standard InChI is InChI=1S/C31H39F2N5O3/c1-3-10-38(11-4-2)31(41)18-27-16-26(35-21-36-27)17-30(40)37-28(14-23-12-24(32)15-25(33)13-23)29(39)20-34-19-22-8-6-5-7-9-22/h5-9,12-13,15-16,21,28-29,34,39H,3-4,10-11,14,17-20H2,1-2H3,(H,37,40)/t28-,29+/m0/s1. The van der Waals surface area contributed by atoms with Crippen molar-refractivity contribution in [2.75, 3.05) is 19.6 Å². The monoisotopic (exact) mass is 567 g/mol. The predicted octanol–water partition coefficient (Wildman–Crippen LogP) is 3.37. The molecule has 0 aliphatic heterocycles. The van der Waals surface area contributed by atoms with Crippen LogP contribution in [-0.2, 0) is 35.4 Å². The zero-order valence-electron chi connectivity index (χ0n) is 23.7. The molecule has 0 spiro atoms. The van der Waals surface area contributed by atoms with Gasteiger partial charge in [-0.05, 0) is 48.6 Å². The lowest BCUT2D eigenvalue weighted by atomic mass is 10.00. The first-order valence-corrected chi connectivity index (χ1v) is 14.0. The van der Waals surface area contributed by atoms with E-state index in [1.54, 1.807) is 6.07 Å². The Hall–Kier alpha value is -3.76. The number of aromatic nitrogens is 2. The number of nitrogens with one attached hydrogen (secondary N) is 2. The molecule has 0 bridgehead atoms. The van der Waals surface area contributed by atoms with E-state index in [-0.39, 0.29) is 31.7 Å². The van der Waals surface area contributed by atoms with Crippen LogP contribution in [0.5, 0.6) is 0 Å². The number of amides is 2. The van der Waals surface area contributed by atoms with Crippen LogP contribution in [0.2, 0.25) is 0 Å². The second-order valence-corrected chi connectivity index (χ2v) is 10.1. The van der Waals surface area contributed by atoms with Gasteiger partial charge < -0.3 is 20.6 Å². The maximum atomic E-state index is 13.8. The molecule has 2 atom stereocenters. The van der Waals surface area contributed by atoms with Gasteiger partial charge in [-0.1, -0.05) is 44.2 Å². The van der Waals surface area contributed by atoms with Crippen molar-refractivity contribution in [1.29, 1.82) is 0 Å². The van der Waals surface area contributed by atoms with E-state index in [4.69, 9.17) is 0 Å². The van der Waals surface area contributed by atoms with Crippen LogP contribution < -0.4 is 10.6 Å². The fourth-order valence-electron chi connectivity index (χ4n) is 4.60. The Morgan fingerprint density at radius 2 is 1.54 bits per heavy atom. The molecule has 0 aliphatic rings. The number of hydrogen-bond donors (Lipinski definition) is 3. The molecule has 3 rings (SSSR count). The van der Waals surface area contributed by atoms with Gasteiger partial charge >= 0.3 is 0 Å². The fourth-order valence-corrected chi connectivity index (χ4v) is 4.60. The van der Waals surface area contributed by atoms with Crippen molar-refractivity contribution in [3.63, 3.8) is 0 Å². The van der Waals surface area contributed by atoms with Crippen LogP contribution in [-0.4, -0.2) is 63.6 Å². The van der Waals surface area contributed by atoms with E-state index in [9.17, 15) is 23.5 Å². The topological polar surface area (TPSA) is 107 Å². The van der Waals surface area contributed by atoms with E-state index in [1.807, 2.05) is 49.1 Å². The normalized spacial score (nSPS) is 12.5. The van der Waals surface area contributed by atoms with Crippen LogP contribution in [0, 0.1) is 11.6 Å². The van der Waals surface area contributed by atoms with Crippen molar-refractivity contribution in [1.82, 2.24) is 25.5 Å². The van der Waals surface area contributed by atoms with Crippen molar-refractivity contribution < 1.29 is 23.5 Å². The smallest absolute Gasteiger partial charge is 0.228 e. The molecule has 2 aromatic carbocycles. The van der Waals surface area contributed by atoms with Gasteiger partial charge in [0.05, 0.1) is 36.4 Å². The number of aliphatic hydroxyl groups is 1. The zero-order chi connectivity index (χ0) is 29.6. The van der Waals surface area contributed by atoms with Crippen LogP contribution in [0.1, 0.15) is 49.2 Å². The first kappa shape index (κ1) is 31.8. The fraction of sp³-hybridized carbons (Fsp3) is 0.419. The molecule has 0 saturated carbocycles. The second kappa shape index (κ2) is 16.5. The summed E-state index contributed by atoms with van der Waals surface area (Å²) in [6.07, 6.45) is 2.01. The molecule has 0 unspecified atom stereocenters. The van der Waals surface area contributed by atoms with Gasteiger partial charge in [0.1, 0.15) is 18.0 Å². The van der Waals surface area contributed by atoms with Crippen LogP contribution >= 0.6 is 0 Å². The van der Waals surface area contributed by atoms with Crippen molar-refractivity contribution in [2.45, 2.75) is 64.6 Å². The average molecular weight is 568 g/mol. The van der Waals surface area contributed by atoms with E-state index in [0.29, 0.717) is 36.6 Å². The Kier molecular flexibility index (Phi) is 12.8. The van der Waals surface area contributed by atoms with Gasteiger partial charge in [-0.15, -0.1) is 0 Å². The number of carbonyl (C=O) groups is 2. The molecule has 10 heteroatoms. The Bertz CT molecular complexity index is 1240. The number of halogens is 2. The lowest BCUT2D eigenvalue weighted by Crippen LogP contribution is -2.49. The van der Waals surface area contributed by atoms with Gasteiger partial charge in [0, 0.05) is 32.2 Å². The van der Waals surface area contributed by atoms with E-state index >= 15 is 0 Å². The minimum Gasteiger partial charge on any atom is -0.390 e. The highest BCUT2D eigenvalue weighted by Gasteiger charge is 2.23. The molecule has 0 aliphatic carbocycles. The number of rotatable bonds is 16. The summed E-state index contributed by atoms with van der Waals surface area (Å²) in [5, 5.41) is 16.9. The Labute approximate surface area is 240 Å². The molecule has 3 aromatic rings. The molecular weight excluding hydrogens is 528 g/mol. The summed E-state index contributed by atoms with van der Waals surface area (Å²) in [7, 11) is 0. The number of hydrogen-bond acceptors (Lipinski definition) is 6. The summed E-state index contributed by atoms with van der Waals surface area (Å²) in [4.78, 5) is 36.0. The maximum absolute atomic E-state index is 13.8. The molecule has 3 N–H and O–H groups in total. The van der Waals surface area contributed by atoms with Crippen molar-refractivity contribution >= 4 is 11.8 Å². The molecule has 2 amide bonds. The number of benzene rings is 2. The summed E-state index contributed by atoms with van der Waals surface area (Å²) in [5.74, 6) is -1.93. The lowest BCUT2D eigenvalue weighted by molar-refractivity contribution is -0.130. The highest BCUT2D eigenvalue weighted by Crippen LogP contribution is 2.13. The highest BCUT2D eigenvalue weighted by molar-refractivity contribution is 5.79. The van der Waals surface area contributed by atoms with Gasteiger partial charge in [-0.3, -0.25) is 9.59 Å².